The number of nitrogens with zero attached hydrogens (tertiary/aromatic N) is 1. The smallest absolute Gasteiger partial charge is 0.319 e. The van der Waals surface area contributed by atoms with E-state index in [0.29, 0.717) is 11.7 Å². The highest BCUT2D eigenvalue weighted by molar-refractivity contribution is 5.89. The van der Waals surface area contributed by atoms with Gasteiger partial charge < -0.3 is 10.6 Å². The van der Waals surface area contributed by atoms with Crippen molar-refractivity contribution in [2.75, 3.05) is 5.32 Å². The van der Waals surface area contributed by atoms with Crippen molar-refractivity contribution in [3.8, 4) is 0 Å². The third-order valence-corrected chi connectivity index (χ3v) is 1.90. The SMILES string of the molecule is O=C(Nc1ccc(F)nc1)NC1CC1. The van der Waals surface area contributed by atoms with E-state index >= 15 is 0 Å². The zero-order valence-electron chi connectivity index (χ0n) is 7.46. The first kappa shape index (κ1) is 8.93. The van der Waals surface area contributed by atoms with Gasteiger partial charge in [-0.3, -0.25) is 0 Å². The van der Waals surface area contributed by atoms with Gasteiger partial charge in [0.15, 0.2) is 0 Å². The molecule has 1 aliphatic rings. The number of hydrogen-bond donors (Lipinski definition) is 2. The maximum atomic E-state index is 12.4. The Morgan fingerprint density at radius 3 is 2.86 bits per heavy atom. The average Bonchev–Trinajstić information content (AvgIpc) is 2.93. The second-order valence-electron chi connectivity index (χ2n) is 3.24. The molecule has 2 amide bonds. The molecule has 5 heteroatoms. The molecule has 1 heterocycles. The van der Waals surface area contributed by atoms with Gasteiger partial charge in [-0.05, 0) is 25.0 Å². The lowest BCUT2D eigenvalue weighted by molar-refractivity contribution is 0.251. The molecule has 0 unspecified atom stereocenters. The maximum absolute atomic E-state index is 12.4. The Balaban J connectivity index is 1.89. The van der Waals surface area contributed by atoms with Crippen molar-refractivity contribution in [2.24, 2.45) is 0 Å². The van der Waals surface area contributed by atoms with Crippen LogP contribution in [-0.4, -0.2) is 17.1 Å². The van der Waals surface area contributed by atoms with Crippen LogP contribution in [0.3, 0.4) is 0 Å². The predicted octanol–water partition coefficient (Wildman–Crippen LogP) is 1.50. The third-order valence-electron chi connectivity index (χ3n) is 1.90. The topological polar surface area (TPSA) is 54.0 Å². The minimum atomic E-state index is -0.557. The van der Waals surface area contributed by atoms with Gasteiger partial charge in [0.1, 0.15) is 0 Å². The van der Waals surface area contributed by atoms with Gasteiger partial charge in [-0.2, -0.15) is 4.39 Å². The number of pyridine rings is 1. The van der Waals surface area contributed by atoms with Gasteiger partial charge in [-0.1, -0.05) is 0 Å². The molecule has 0 aliphatic heterocycles. The summed E-state index contributed by atoms with van der Waals surface area (Å²) >= 11 is 0. The van der Waals surface area contributed by atoms with Crippen LogP contribution >= 0.6 is 0 Å². The highest BCUT2D eigenvalue weighted by Gasteiger charge is 2.23. The number of rotatable bonds is 2. The van der Waals surface area contributed by atoms with E-state index in [-0.39, 0.29) is 6.03 Å². The van der Waals surface area contributed by atoms with Crippen LogP contribution in [0.25, 0.3) is 0 Å². The van der Waals surface area contributed by atoms with Gasteiger partial charge in [-0.25, -0.2) is 9.78 Å². The second-order valence-corrected chi connectivity index (χ2v) is 3.24. The highest BCUT2D eigenvalue weighted by Crippen LogP contribution is 2.18. The summed E-state index contributed by atoms with van der Waals surface area (Å²) in [6.07, 6.45) is 3.35. The molecule has 0 aromatic carbocycles. The summed E-state index contributed by atoms with van der Waals surface area (Å²) in [5.41, 5.74) is 0.490. The summed E-state index contributed by atoms with van der Waals surface area (Å²) in [7, 11) is 0. The molecule has 1 aromatic heterocycles. The summed E-state index contributed by atoms with van der Waals surface area (Å²) in [5, 5.41) is 5.31. The van der Waals surface area contributed by atoms with E-state index in [1.807, 2.05) is 0 Å². The number of carbonyl (C=O) groups excluding carboxylic acids is 1. The first-order chi connectivity index (χ1) is 6.74. The fourth-order valence-corrected chi connectivity index (χ4v) is 1.03. The van der Waals surface area contributed by atoms with Gasteiger partial charge >= 0.3 is 6.03 Å². The van der Waals surface area contributed by atoms with Crippen molar-refractivity contribution >= 4 is 11.7 Å². The summed E-state index contributed by atoms with van der Waals surface area (Å²) in [5.74, 6) is -0.557. The fraction of sp³-hybridized carbons (Fsp3) is 0.333. The van der Waals surface area contributed by atoms with Gasteiger partial charge in [0.25, 0.3) is 0 Å². The summed E-state index contributed by atoms with van der Waals surface area (Å²) < 4.78 is 12.4. The number of hydrogen-bond acceptors (Lipinski definition) is 2. The molecule has 0 bridgehead atoms. The van der Waals surface area contributed by atoms with Crippen LogP contribution in [0.15, 0.2) is 18.3 Å². The van der Waals surface area contributed by atoms with E-state index in [0.717, 1.165) is 12.8 Å². The minimum absolute atomic E-state index is 0.263. The molecule has 1 aliphatic carbocycles. The Morgan fingerprint density at radius 2 is 2.29 bits per heavy atom. The van der Waals surface area contributed by atoms with E-state index < -0.39 is 5.95 Å². The highest BCUT2D eigenvalue weighted by atomic mass is 19.1. The van der Waals surface area contributed by atoms with Crippen LogP contribution in [0.4, 0.5) is 14.9 Å². The lowest BCUT2D eigenvalue weighted by Crippen LogP contribution is -2.30. The monoisotopic (exact) mass is 195 g/mol. The maximum Gasteiger partial charge on any atom is 0.319 e. The van der Waals surface area contributed by atoms with Crippen molar-refractivity contribution in [3.63, 3.8) is 0 Å². The summed E-state index contributed by atoms with van der Waals surface area (Å²) in [6.45, 7) is 0. The zero-order chi connectivity index (χ0) is 9.97. The molecule has 0 atom stereocenters. The molecule has 1 fully saturated rings. The van der Waals surface area contributed by atoms with Gasteiger partial charge in [0.2, 0.25) is 5.95 Å². The summed E-state index contributed by atoms with van der Waals surface area (Å²) in [4.78, 5) is 14.6. The second kappa shape index (κ2) is 3.61. The van der Waals surface area contributed by atoms with Gasteiger partial charge in [0, 0.05) is 6.04 Å². The van der Waals surface area contributed by atoms with Gasteiger partial charge in [-0.15, -0.1) is 0 Å². The number of urea groups is 1. The molecule has 0 spiro atoms. The first-order valence-electron chi connectivity index (χ1n) is 4.43. The molecule has 0 radical (unpaired) electrons. The number of amides is 2. The Labute approximate surface area is 80.5 Å². The number of aromatic nitrogens is 1. The van der Waals surface area contributed by atoms with Crippen molar-refractivity contribution in [2.45, 2.75) is 18.9 Å². The van der Waals surface area contributed by atoms with Crippen molar-refractivity contribution in [3.05, 3.63) is 24.3 Å². The van der Waals surface area contributed by atoms with Crippen molar-refractivity contribution in [1.82, 2.24) is 10.3 Å². The number of anilines is 1. The number of halogens is 1. The first-order valence-corrected chi connectivity index (χ1v) is 4.43. The van der Waals surface area contributed by atoms with E-state index in [4.69, 9.17) is 0 Å². The van der Waals surface area contributed by atoms with Crippen molar-refractivity contribution in [1.29, 1.82) is 0 Å². The third kappa shape index (κ3) is 2.42. The van der Waals surface area contributed by atoms with E-state index in [9.17, 15) is 9.18 Å². The van der Waals surface area contributed by atoms with E-state index in [2.05, 4.69) is 15.6 Å². The minimum Gasteiger partial charge on any atom is -0.335 e. The number of nitrogens with one attached hydrogen (secondary N) is 2. The standard InChI is InChI=1S/C9H10FN3O/c10-8-4-3-7(5-11-8)13-9(14)12-6-1-2-6/h3-6H,1-2H2,(H2,12,13,14). The van der Waals surface area contributed by atoms with Crippen LogP contribution in [0.2, 0.25) is 0 Å². The van der Waals surface area contributed by atoms with E-state index in [1.165, 1.54) is 18.3 Å². The van der Waals surface area contributed by atoms with E-state index in [1.54, 1.807) is 0 Å². The quantitative estimate of drug-likeness (QED) is 0.703. The Kier molecular flexibility index (Phi) is 2.30. The Bertz CT molecular complexity index is 334. The molecule has 14 heavy (non-hydrogen) atoms. The molecule has 1 saturated carbocycles. The molecule has 74 valence electrons. The molecular weight excluding hydrogens is 185 g/mol. The molecule has 1 aromatic rings. The zero-order valence-corrected chi connectivity index (χ0v) is 7.46. The average molecular weight is 195 g/mol. The van der Waals surface area contributed by atoms with Crippen LogP contribution in [0, 0.1) is 5.95 Å². The van der Waals surface area contributed by atoms with Crippen LogP contribution in [-0.2, 0) is 0 Å². The predicted molar refractivity (Wildman–Crippen MR) is 49.4 cm³/mol. The summed E-state index contributed by atoms with van der Waals surface area (Å²) in [6, 6.07) is 2.71. The fourth-order valence-electron chi connectivity index (χ4n) is 1.03. The molecule has 2 rings (SSSR count). The Hall–Kier alpha value is -1.65. The molecule has 4 nitrogen and oxygen atoms in total. The van der Waals surface area contributed by atoms with Crippen molar-refractivity contribution < 1.29 is 9.18 Å². The Morgan fingerprint density at radius 1 is 1.50 bits per heavy atom. The largest absolute Gasteiger partial charge is 0.335 e. The van der Waals surface area contributed by atoms with Gasteiger partial charge in [0.05, 0.1) is 11.9 Å². The van der Waals surface area contributed by atoms with Crippen LogP contribution in [0.5, 0.6) is 0 Å². The van der Waals surface area contributed by atoms with Crippen LogP contribution in [0.1, 0.15) is 12.8 Å². The molecule has 0 saturated heterocycles. The normalized spacial score (nSPS) is 14.9. The number of carbonyl (C=O) groups is 1. The lowest BCUT2D eigenvalue weighted by Gasteiger charge is -2.05. The molecular formula is C9H10FN3O. The lowest BCUT2D eigenvalue weighted by atomic mass is 10.4. The molecule has 2 N–H and O–H groups in total. The van der Waals surface area contributed by atoms with Crippen LogP contribution < -0.4 is 10.6 Å².